The average molecular weight is 487 g/mol. The molecular formula is C23H16Cl2N2O4S. The summed E-state index contributed by atoms with van der Waals surface area (Å²) in [6.07, 6.45) is -1.11. The molecule has 0 saturated heterocycles. The number of phenols is 1. The van der Waals surface area contributed by atoms with E-state index in [-0.39, 0.29) is 11.3 Å². The summed E-state index contributed by atoms with van der Waals surface area (Å²) in [4.78, 5) is 29.4. The number of thiazole rings is 1. The molecule has 3 aromatic carbocycles. The van der Waals surface area contributed by atoms with Crippen molar-refractivity contribution in [1.29, 1.82) is 0 Å². The molecule has 1 unspecified atom stereocenters. The summed E-state index contributed by atoms with van der Waals surface area (Å²) in [6.45, 7) is 1.44. The lowest BCUT2D eigenvalue weighted by Crippen LogP contribution is -2.30. The maximum Gasteiger partial charge on any atom is 0.342 e. The third kappa shape index (κ3) is 4.70. The Bertz CT molecular complexity index is 1340. The van der Waals surface area contributed by atoms with E-state index in [4.69, 9.17) is 27.9 Å². The fraction of sp³-hybridized carbons (Fsp3) is 0.0870. The highest BCUT2D eigenvalue weighted by molar-refractivity contribution is 7.14. The van der Waals surface area contributed by atoms with Gasteiger partial charge in [-0.2, -0.15) is 0 Å². The SMILES string of the molecule is CC(OC(=O)c1cc2ccccc2cc1O)C(=O)Nc1nc(-c2ccc(Cl)c(Cl)c2)cs1. The number of amides is 1. The Hall–Kier alpha value is -3.13. The fourth-order valence-corrected chi connectivity index (χ4v) is 4.02. The second-order valence-electron chi connectivity index (χ2n) is 6.92. The van der Waals surface area contributed by atoms with Gasteiger partial charge in [-0.25, -0.2) is 9.78 Å². The number of esters is 1. The number of nitrogens with zero attached hydrogens (tertiary/aromatic N) is 1. The summed E-state index contributed by atoms with van der Waals surface area (Å²) in [5.74, 6) is -1.56. The number of halogens is 2. The predicted molar refractivity (Wildman–Crippen MR) is 127 cm³/mol. The molecule has 1 aromatic heterocycles. The Morgan fingerprint density at radius 3 is 2.50 bits per heavy atom. The molecule has 4 aromatic rings. The quantitative estimate of drug-likeness (QED) is 0.329. The third-order valence-electron chi connectivity index (χ3n) is 4.69. The van der Waals surface area contributed by atoms with E-state index >= 15 is 0 Å². The van der Waals surface area contributed by atoms with Gasteiger partial charge in [0.25, 0.3) is 5.91 Å². The first-order valence-corrected chi connectivity index (χ1v) is 11.1. The molecule has 0 bridgehead atoms. The van der Waals surface area contributed by atoms with Gasteiger partial charge in [0.1, 0.15) is 11.3 Å². The summed E-state index contributed by atoms with van der Waals surface area (Å²) in [6, 6.07) is 15.4. The molecule has 1 amide bonds. The minimum atomic E-state index is -1.11. The van der Waals surface area contributed by atoms with Crippen LogP contribution in [0.25, 0.3) is 22.0 Å². The smallest absolute Gasteiger partial charge is 0.342 e. The molecule has 1 heterocycles. The zero-order valence-electron chi connectivity index (χ0n) is 16.6. The zero-order chi connectivity index (χ0) is 22.8. The van der Waals surface area contributed by atoms with Crippen molar-refractivity contribution in [2.45, 2.75) is 13.0 Å². The molecule has 32 heavy (non-hydrogen) atoms. The maximum absolute atomic E-state index is 12.5. The average Bonchev–Trinajstić information content (AvgIpc) is 3.23. The second kappa shape index (κ2) is 9.16. The van der Waals surface area contributed by atoms with Crippen LogP contribution in [0.4, 0.5) is 5.13 Å². The second-order valence-corrected chi connectivity index (χ2v) is 8.59. The summed E-state index contributed by atoms with van der Waals surface area (Å²) < 4.78 is 5.25. The Labute approximate surface area is 197 Å². The molecule has 9 heteroatoms. The summed E-state index contributed by atoms with van der Waals surface area (Å²) in [5, 5.41) is 17.3. The van der Waals surface area contributed by atoms with Crippen LogP contribution >= 0.6 is 34.5 Å². The van der Waals surface area contributed by atoms with E-state index in [1.54, 1.807) is 23.6 Å². The summed E-state index contributed by atoms with van der Waals surface area (Å²) >= 11 is 13.2. The van der Waals surface area contributed by atoms with Gasteiger partial charge in [0, 0.05) is 10.9 Å². The van der Waals surface area contributed by atoms with Crippen LogP contribution in [0.1, 0.15) is 17.3 Å². The Kier molecular flexibility index (Phi) is 6.32. The molecule has 162 valence electrons. The minimum Gasteiger partial charge on any atom is -0.507 e. The molecular weight excluding hydrogens is 471 g/mol. The number of fused-ring (bicyclic) bond motifs is 1. The largest absolute Gasteiger partial charge is 0.507 e. The Morgan fingerprint density at radius 2 is 1.78 bits per heavy atom. The van der Waals surface area contributed by atoms with Crippen LogP contribution in [-0.2, 0) is 9.53 Å². The number of hydrogen-bond acceptors (Lipinski definition) is 6. The van der Waals surface area contributed by atoms with E-state index < -0.39 is 18.0 Å². The molecule has 0 fully saturated rings. The number of aromatic hydroxyl groups is 1. The highest BCUT2D eigenvalue weighted by Crippen LogP contribution is 2.31. The standard InChI is InChI=1S/C23H16Cl2N2O4S/c1-12(31-22(30)16-8-13-4-2-3-5-14(13)10-20(16)28)21(29)27-23-26-19(11-32-23)15-6-7-17(24)18(25)9-15/h2-12,28H,1H3,(H,26,27,29). The van der Waals surface area contributed by atoms with Crippen LogP contribution in [0.15, 0.2) is 60.0 Å². The van der Waals surface area contributed by atoms with Gasteiger partial charge in [-0.05, 0) is 42.0 Å². The molecule has 0 aliphatic carbocycles. The first-order chi connectivity index (χ1) is 15.3. The number of benzene rings is 3. The molecule has 0 saturated carbocycles. The monoisotopic (exact) mass is 486 g/mol. The highest BCUT2D eigenvalue weighted by Gasteiger charge is 2.22. The number of ether oxygens (including phenoxy) is 1. The normalized spacial score (nSPS) is 11.8. The van der Waals surface area contributed by atoms with Crippen LogP contribution in [-0.4, -0.2) is 28.1 Å². The number of phenolic OH excluding ortho intramolecular Hbond substituents is 1. The molecule has 0 aliphatic heterocycles. The predicted octanol–water partition coefficient (Wildman–Crippen LogP) is 6.16. The van der Waals surface area contributed by atoms with Crippen molar-refractivity contribution >= 4 is 62.3 Å². The van der Waals surface area contributed by atoms with Crippen LogP contribution in [0, 0.1) is 0 Å². The van der Waals surface area contributed by atoms with Crippen molar-refractivity contribution in [3.8, 4) is 17.0 Å². The molecule has 2 N–H and O–H groups in total. The Balaban J connectivity index is 1.43. The van der Waals surface area contributed by atoms with Crippen molar-refractivity contribution in [2.75, 3.05) is 5.32 Å². The van der Waals surface area contributed by atoms with Crippen molar-refractivity contribution < 1.29 is 19.4 Å². The van der Waals surface area contributed by atoms with Gasteiger partial charge in [-0.15, -0.1) is 11.3 Å². The molecule has 0 aliphatic rings. The number of nitrogens with one attached hydrogen (secondary N) is 1. The fourth-order valence-electron chi connectivity index (χ4n) is 3.00. The zero-order valence-corrected chi connectivity index (χ0v) is 19.0. The van der Waals surface area contributed by atoms with E-state index in [1.165, 1.54) is 30.4 Å². The number of carbonyl (C=O) groups excluding carboxylic acids is 2. The van der Waals surface area contributed by atoms with Gasteiger partial charge >= 0.3 is 5.97 Å². The molecule has 6 nitrogen and oxygen atoms in total. The topological polar surface area (TPSA) is 88.5 Å². The first-order valence-electron chi connectivity index (χ1n) is 9.46. The lowest BCUT2D eigenvalue weighted by atomic mass is 10.1. The number of aromatic nitrogens is 1. The number of rotatable bonds is 5. The molecule has 0 spiro atoms. The first kappa shape index (κ1) is 22.1. The van der Waals surface area contributed by atoms with Crippen molar-refractivity contribution in [3.63, 3.8) is 0 Å². The van der Waals surface area contributed by atoms with E-state index in [9.17, 15) is 14.7 Å². The van der Waals surface area contributed by atoms with E-state index in [2.05, 4.69) is 10.3 Å². The van der Waals surface area contributed by atoms with Crippen LogP contribution in [0.3, 0.4) is 0 Å². The van der Waals surface area contributed by atoms with Crippen molar-refractivity contribution in [1.82, 2.24) is 4.98 Å². The van der Waals surface area contributed by atoms with E-state index in [0.717, 1.165) is 16.3 Å². The van der Waals surface area contributed by atoms with E-state index in [0.29, 0.717) is 20.9 Å². The number of anilines is 1. The van der Waals surface area contributed by atoms with Gasteiger partial charge < -0.3 is 9.84 Å². The summed E-state index contributed by atoms with van der Waals surface area (Å²) in [5.41, 5.74) is 1.36. The van der Waals surface area contributed by atoms with Crippen LogP contribution in [0.5, 0.6) is 5.75 Å². The lowest BCUT2D eigenvalue weighted by Gasteiger charge is -2.13. The van der Waals surface area contributed by atoms with Gasteiger partial charge in [-0.1, -0.05) is 53.5 Å². The highest BCUT2D eigenvalue weighted by atomic mass is 35.5. The minimum absolute atomic E-state index is 0.0144. The number of hydrogen-bond donors (Lipinski definition) is 2. The van der Waals surface area contributed by atoms with Crippen molar-refractivity contribution in [2.24, 2.45) is 0 Å². The van der Waals surface area contributed by atoms with Crippen LogP contribution in [0.2, 0.25) is 10.0 Å². The van der Waals surface area contributed by atoms with Gasteiger partial charge in [-0.3, -0.25) is 10.1 Å². The number of carbonyl (C=O) groups is 2. The van der Waals surface area contributed by atoms with Gasteiger partial charge in [0.05, 0.1) is 15.7 Å². The maximum atomic E-state index is 12.5. The van der Waals surface area contributed by atoms with Gasteiger partial charge in [0.2, 0.25) is 0 Å². The summed E-state index contributed by atoms with van der Waals surface area (Å²) in [7, 11) is 0. The lowest BCUT2D eigenvalue weighted by molar-refractivity contribution is -0.123. The van der Waals surface area contributed by atoms with Crippen molar-refractivity contribution in [3.05, 3.63) is 75.6 Å². The molecule has 4 rings (SSSR count). The van der Waals surface area contributed by atoms with E-state index in [1.807, 2.05) is 24.3 Å². The third-order valence-corrected chi connectivity index (χ3v) is 6.18. The van der Waals surface area contributed by atoms with Gasteiger partial charge in [0.15, 0.2) is 11.2 Å². The van der Waals surface area contributed by atoms with Crippen LogP contribution < -0.4 is 5.32 Å². The molecule has 1 atom stereocenters. The molecule has 0 radical (unpaired) electrons. The Morgan fingerprint density at radius 1 is 1.06 bits per heavy atom.